The van der Waals surface area contributed by atoms with E-state index in [-0.39, 0.29) is 35.9 Å². The van der Waals surface area contributed by atoms with E-state index in [1.54, 1.807) is 18.1 Å². The maximum absolute atomic E-state index is 13.3. The molecule has 4 rings (SSSR count). The van der Waals surface area contributed by atoms with Gasteiger partial charge in [-0.25, -0.2) is 0 Å². The Bertz CT molecular complexity index is 1050. The fraction of sp³-hybridized carbons (Fsp3) is 0.500. The van der Waals surface area contributed by atoms with Gasteiger partial charge in [0.1, 0.15) is 12.0 Å². The van der Waals surface area contributed by atoms with Crippen LogP contribution in [-0.2, 0) is 14.4 Å². The number of likely N-dealkylation sites (tertiary alicyclic amines) is 1. The number of hydrogen-bond donors (Lipinski definition) is 2. The van der Waals surface area contributed by atoms with Gasteiger partial charge in [-0.15, -0.1) is 0 Å². The Morgan fingerprint density at radius 2 is 2.12 bits per heavy atom. The second-order valence-corrected chi connectivity index (χ2v) is 8.98. The number of nitrogens with zero attached hydrogens (tertiary/aromatic N) is 1. The molecule has 2 fully saturated rings. The number of ether oxygens (including phenoxy) is 1. The summed E-state index contributed by atoms with van der Waals surface area (Å²) in [5.41, 5.74) is 1.24. The molecule has 2 aliphatic rings. The average molecular weight is 440 g/mol. The molecule has 0 bridgehead atoms. The van der Waals surface area contributed by atoms with Crippen LogP contribution in [0.3, 0.4) is 0 Å². The first-order valence-corrected chi connectivity index (χ1v) is 11.1. The number of fused-ring (bicyclic) bond motifs is 1. The lowest BCUT2D eigenvalue weighted by Gasteiger charge is -2.39. The predicted octanol–water partition coefficient (Wildman–Crippen LogP) is 2.33. The molecule has 0 aliphatic carbocycles. The summed E-state index contributed by atoms with van der Waals surface area (Å²) in [7, 11) is 1.58. The van der Waals surface area contributed by atoms with Gasteiger partial charge in [-0.05, 0) is 43.4 Å². The number of rotatable bonds is 8. The van der Waals surface area contributed by atoms with Crippen LogP contribution in [0.15, 0.2) is 24.3 Å². The molecule has 1 aromatic carbocycles. The number of carbonyl (C=O) groups is 4. The van der Waals surface area contributed by atoms with Crippen LogP contribution in [0.5, 0.6) is 5.75 Å². The van der Waals surface area contributed by atoms with E-state index in [9.17, 15) is 19.2 Å². The van der Waals surface area contributed by atoms with Crippen molar-refractivity contribution in [1.29, 1.82) is 0 Å². The first-order valence-electron chi connectivity index (χ1n) is 11.1. The number of aromatic amines is 1. The summed E-state index contributed by atoms with van der Waals surface area (Å²) in [6.45, 7) is 3.09. The Hall–Kier alpha value is -3.16. The van der Waals surface area contributed by atoms with Gasteiger partial charge in [0.2, 0.25) is 11.8 Å². The zero-order valence-corrected chi connectivity index (χ0v) is 18.4. The van der Waals surface area contributed by atoms with E-state index in [4.69, 9.17) is 4.74 Å². The van der Waals surface area contributed by atoms with Crippen LogP contribution in [0.4, 0.5) is 0 Å². The molecule has 8 heteroatoms. The molecule has 2 aromatic rings. The fourth-order valence-electron chi connectivity index (χ4n) is 5.00. The van der Waals surface area contributed by atoms with Crippen LogP contribution in [0.1, 0.15) is 43.1 Å². The first-order chi connectivity index (χ1) is 15.4. The summed E-state index contributed by atoms with van der Waals surface area (Å²) in [5, 5.41) is 3.60. The van der Waals surface area contributed by atoms with Crippen LogP contribution in [0, 0.1) is 17.8 Å². The zero-order valence-electron chi connectivity index (χ0n) is 18.4. The van der Waals surface area contributed by atoms with Crippen molar-refractivity contribution in [3.63, 3.8) is 0 Å². The molecule has 2 aliphatic heterocycles. The van der Waals surface area contributed by atoms with Crippen LogP contribution < -0.4 is 10.1 Å². The van der Waals surface area contributed by atoms with Crippen LogP contribution in [0.25, 0.3) is 10.9 Å². The minimum atomic E-state index is -0.644. The van der Waals surface area contributed by atoms with Gasteiger partial charge in [-0.1, -0.05) is 13.0 Å². The number of nitrogens with one attached hydrogen (secondary N) is 2. The van der Waals surface area contributed by atoms with E-state index in [1.807, 2.05) is 25.1 Å². The number of ketones is 1. The molecule has 2 amide bonds. The van der Waals surface area contributed by atoms with Crippen molar-refractivity contribution in [2.24, 2.45) is 17.8 Å². The number of benzene rings is 1. The predicted molar refractivity (Wildman–Crippen MR) is 118 cm³/mol. The fourth-order valence-corrected chi connectivity index (χ4v) is 5.00. The van der Waals surface area contributed by atoms with E-state index >= 15 is 0 Å². The summed E-state index contributed by atoms with van der Waals surface area (Å²) >= 11 is 0. The molecule has 8 nitrogen and oxygen atoms in total. The molecular formula is C24H29N3O5. The van der Waals surface area contributed by atoms with E-state index in [0.717, 1.165) is 17.2 Å². The molecule has 0 radical (unpaired) electrons. The van der Waals surface area contributed by atoms with Crippen molar-refractivity contribution in [2.45, 2.75) is 38.6 Å². The number of carbonyl (C=O) groups excluding carboxylic acids is 4. The molecule has 4 atom stereocenters. The van der Waals surface area contributed by atoms with Crippen molar-refractivity contribution in [3.8, 4) is 5.75 Å². The van der Waals surface area contributed by atoms with Gasteiger partial charge in [-0.2, -0.15) is 0 Å². The van der Waals surface area contributed by atoms with Crippen molar-refractivity contribution >= 4 is 34.8 Å². The molecule has 1 unspecified atom stereocenters. The quantitative estimate of drug-likeness (QED) is 0.485. The zero-order chi connectivity index (χ0) is 22.8. The number of aromatic nitrogens is 1. The number of amides is 2. The third-order valence-electron chi connectivity index (χ3n) is 6.65. The number of piperidine rings is 1. The molecule has 32 heavy (non-hydrogen) atoms. The molecule has 1 aromatic heterocycles. The molecule has 2 N–H and O–H groups in total. The first kappa shape index (κ1) is 22.0. The van der Waals surface area contributed by atoms with E-state index in [2.05, 4.69) is 10.3 Å². The van der Waals surface area contributed by atoms with Crippen molar-refractivity contribution in [3.05, 3.63) is 30.0 Å². The Morgan fingerprint density at radius 3 is 2.81 bits per heavy atom. The summed E-state index contributed by atoms with van der Waals surface area (Å²) in [4.78, 5) is 54.8. The SMILES string of the molecule is COc1cccc2[nH]c(C(=O)C[C@H]3CC(C)CN([C@H](C=O)C[C@@H]4CCNC4=O)C3=O)cc12. The number of methoxy groups -OCH3 is 1. The van der Waals surface area contributed by atoms with Crippen LogP contribution >= 0.6 is 0 Å². The number of aldehydes is 1. The number of hydrogen-bond acceptors (Lipinski definition) is 5. The summed E-state index contributed by atoms with van der Waals surface area (Å²) < 4.78 is 5.36. The van der Waals surface area contributed by atoms with Gasteiger partial charge in [0.25, 0.3) is 0 Å². The Morgan fingerprint density at radius 1 is 1.31 bits per heavy atom. The average Bonchev–Trinajstić information content (AvgIpc) is 3.40. The maximum atomic E-state index is 13.3. The van der Waals surface area contributed by atoms with Gasteiger partial charge in [-0.3, -0.25) is 14.4 Å². The van der Waals surface area contributed by atoms with Gasteiger partial charge >= 0.3 is 0 Å². The van der Waals surface area contributed by atoms with Crippen molar-refractivity contribution in [1.82, 2.24) is 15.2 Å². The molecule has 170 valence electrons. The van der Waals surface area contributed by atoms with Gasteiger partial charge in [0, 0.05) is 42.2 Å². The summed E-state index contributed by atoms with van der Waals surface area (Å²) in [6, 6.07) is 6.67. The van der Waals surface area contributed by atoms with Gasteiger partial charge in [0.15, 0.2) is 5.78 Å². The Labute approximate surface area is 186 Å². The third-order valence-corrected chi connectivity index (χ3v) is 6.65. The highest BCUT2D eigenvalue weighted by molar-refractivity contribution is 6.02. The largest absolute Gasteiger partial charge is 0.496 e. The summed E-state index contributed by atoms with van der Waals surface area (Å²) in [6.07, 6.45) is 2.44. The highest BCUT2D eigenvalue weighted by Crippen LogP contribution is 2.31. The lowest BCUT2D eigenvalue weighted by Crippen LogP contribution is -2.51. The second kappa shape index (κ2) is 9.14. The minimum absolute atomic E-state index is 0.0599. The van der Waals surface area contributed by atoms with Crippen LogP contribution in [-0.4, -0.2) is 60.0 Å². The molecule has 2 saturated heterocycles. The highest BCUT2D eigenvalue weighted by atomic mass is 16.5. The van der Waals surface area contributed by atoms with Gasteiger partial charge < -0.3 is 24.7 Å². The third kappa shape index (κ3) is 4.26. The lowest BCUT2D eigenvalue weighted by molar-refractivity contribution is -0.146. The Kier molecular flexibility index (Phi) is 6.30. The van der Waals surface area contributed by atoms with E-state index < -0.39 is 12.0 Å². The van der Waals surface area contributed by atoms with Crippen molar-refractivity contribution < 1.29 is 23.9 Å². The lowest BCUT2D eigenvalue weighted by atomic mass is 9.84. The van der Waals surface area contributed by atoms with E-state index in [0.29, 0.717) is 43.8 Å². The molecule has 0 saturated carbocycles. The monoisotopic (exact) mass is 439 g/mol. The van der Waals surface area contributed by atoms with E-state index in [1.165, 1.54) is 0 Å². The number of Topliss-reactive ketones (excluding diaryl/α,β-unsaturated/α-hetero) is 1. The second-order valence-electron chi connectivity index (χ2n) is 8.98. The molecular weight excluding hydrogens is 410 g/mol. The summed E-state index contributed by atoms with van der Waals surface area (Å²) in [5.74, 6) is -0.287. The van der Waals surface area contributed by atoms with Gasteiger partial charge in [0.05, 0.1) is 18.8 Å². The Balaban J connectivity index is 1.49. The standard InChI is InChI=1S/C24H29N3O5/c1-14-8-16(10-21(29)20-11-18-19(26-20)4-3-5-22(18)32-2)24(31)27(12-14)17(13-28)9-15-6-7-25-23(15)30/h3-5,11,13-17,26H,6-10,12H2,1-2H3,(H,25,30)/t14?,15-,16+,17-/m0/s1. The minimum Gasteiger partial charge on any atom is -0.496 e. The van der Waals surface area contributed by atoms with Crippen LogP contribution in [0.2, 0.25) is 0 Å². The smallest absolute Gasteiger partial charge is 0.226 e. The molecule has 3 heterocycles. The topological polar surface area (TPSA) is 109 Å². The van der Waals surface area contributed by atoms with Crippen molar-refractivity contribution in [2.75, 3.05) is 20.2 Å². The normalized spacial score (nSPS) is 24.4. The highest BCUT2D eigenvalue weighted by Gasteiger charge is 2.39. The number of H-pyrrole nitrogens is 1. The maximum Gasteiger partial charge on any atom is 0.226 e. The molecule has 0 spiro atoms.